The van der Waals surface area contributed by atoms with E-state index in [4.69, 9.17) is 5.11 Å². The molecule has 0 amide bonds. The van der Waals surface area contributed by atoms with Crippen molar-refractivity contribution in [3.63, 3.8) is 0 Å². The summed E-state index contributed by atoms with van der Waals surface area (Å²) in [5, 5.41) is 8.98. The summed E-state index contributed by atoms with van der Waals surface area (Å²) in [4.78, 5) is 10.9. The van der Waals surface area contributed by atoms with E-state index in [1.165, 1.54) is 12.8 Å². The first-order valence-corrected chi connectivity index (χ1v) is 4.96. The summed E-state index contributed by atoms with van der Waals surface area (Å²) < 4.78 is 1.91. The first-order valence-electron chi connectivity index (χ1n) is 4.44. The molecule has 0 aromatic heterocycles. The van der Waals surface area contributed by atoms with Crippen LogP contribution in [-0.4, -0.2) is 28.3 Å². The monoisotopic (exact) mass is 187 g/mol. The van der Waals surface area contributed by atoms with E-state index in [2.05, 4.69) is 9.39 Å². The zero-order valence-corrected chi connectivity index (χ0v) is 8.10. The Morgan fingerprint density at radius 1 is 1.50 bits per heavy atom. The van der Waals surface area contributed by atoms with E-state index in [1.54, 1.807) is 0 Å². The van der Waals surface area contributed by atoms with Crippen LogP contribution in [0.4, 0.5) is 0 Å². The number of nitrogens with zero attached hydrogens (tertiary/aromatic N) is 1. The van der Waals surface area contributed by atoms with Gasteiger partial charge < -0.3 is 5.11 Å². The van der Waals surface area contributed by atoms with Gasteiger partial charge >= 0.3 is 5.97 Å². The van der Waals surface area contributed by atoms with Crippen molar-refractivity contribution in [1.29, 1.82) is 0 Å². The van der Waals surface area contributed by atoms with E-state index in [1.807, 2.05) is 4.67 Å². The van der Waals surface area contributed by atoms with Crippen molar-refractivity contribution in [1.82, 2.24) is 4.67 Å². The topological polar surface area (TPSA) is 40.5 Å². The van der Waals surface area contributed by atoms with Crippen LogP contribution in [0.1, 0.15) is 19.3 Å². The molecule has 0 aromatic carbocycles. The Morgan fingerprint density at radius 2 is 2.25 bits per heavy atom. The molecule has 1 heterocycles. The fourth-order valence-electron chi connectivity index (χ4n) is 2.66. The smallest absolute Gasteiger partial charge is 0.321 e. The molecular weight excluding hydrogens is 173 g/mol. The van der Waals surface area contributed by atoms with Gasteiger partial charge in [-0.05, 0) is 24.7 Å². The molecule has 1 saturated carbocycles. The molecule has 2 aliphatic rings. The Bertz CT molecular complexity index is 209. The van der Waals surface area contributed by atoms with E-state index in [0.717, 1.165) is 13.0 Å². The van der Waals surface area contributed by atoms with Crippen LogP contribution in [-0.2, 0) is 4.79 Å². The molecule has 4 heteroatoms. The number of carbonyl (C=O) groups is 1. The van der Waals surface area contributed by atoms with Crippen LogP contribution in [0.3, 0.4) is 0 Å². The lowest BCUT2D eigenvalue weighted by Gasteiger charge is -2.18. The van der Waals surface area contributed by atoms with Gasteiger partial charge in [-0.3, -0.25) is 9.46 Å². The fourth-order valence-corrected chi connectivity index (χ4v) is 3.28. The van der Waals surface area contributed by atoms with Crippen molar-refractivity contribution >= 4 is 15.4 Å². The third-order valence-corrected chi connectivity index (χ3v) is 3.71. The van der Waals surface area contributed by atoms with Gasteiger partial charge in [0.25, 0.3) is 0 Å². The molecule has 2 rings (SSSR count). The highest BCUT2D eigenvalue weighted by atomic mass is 31.0. The van der Waals surface area contributed by atoms with Crippen LogP contribution in [0.5, 0.6) is 0 Å². The summed E-state index contributed by atoms with van der Waals surface area (Å²) in [6.07, 6.45) is 3.55. The lowest BCUT2D eigenvalue weighted by atomic mass is 9.94. The quantitative estimate of drug-likeness (QED) is 0.621. The zero-order valence-electron chi connectivity index (χ0n) is 6.94. The number of rotatable bonds is 1. The van der Waals surface area contributed by atoms with Crippen molar-refractivity contribution in [3.8, 4) is 0 Å². The van der Waals surface area contributed by atoms with Crippen LogP contribution in [0, 0.1) is 11.8 Å². The molecule has 2 fully saturated rings. The number of carboxylic acid groups (broad SMARTS) is 1. The molecule has 1 N–H and O–H groups in total. The van der Waals surface area contributed by atoms with Crippen molar-refractivity contribution in [2.24, 2.45) is 11.8 Å². The lowest BCUT2D eigenvalue weighted by molar-refractivity contribution is -0.141. The Balaban J connectivity index is 2.15. The minimum absolute atomic E-state index is 0.234. The summed E-state index contributed by atoms with van der Waals surface area (Å²) in [7, 11) is 2.54. The number of carboxylic acids is 1. The highest BCUT2D eigenvalue weighted by Crippen LogP contribution is 2.43. The highest BCUT2D eigenvalue weighted by Gasteiger charge is 2.46. The van der Waals surface area contributed by atoms with Gasteiger partial charge in [-0.1, -0.05) is 15.8 Å². The van der Waals surface area contributed by atoms with E-state index < -0.39 is 5.97 Å². The molecule has 4 atom stereocenters. The van der Waals surface area contributed by atoms with E-state index >= 15 is 0 Å². The maximum absolute atomic E-state index is 10.9. The Kier molecular flexibility index (Phi) is 2.09. The largest absolute Gasteiger partial charge is 0.480 e. The molecule has 0 bridgehead atoms. The zero-order chi connectivity index (χ0) is 8.72. The third kappa shape index (κ3) is 1.16. The average molecular weight is 187 g/mol. The predicted molar refractivity (Wildman–Crippen MR) is 48.7 cm³/mol. The second-order valence-corrected chi connectivity index (χ2v) is 4.50. The highest BCUT2D eigenvalue weighted by molar-refractivity contribution is 7.13. The van der Waals surface area contributed by atoms with Gasteiger partial charge in [0.2, 0.25) is 0 Å². The van der Waals surface area contributed by atoms with E-state index in [0.29, 0.717) is 11.8 Å². The van der Waals surface area contributed by atoms with Gasteiger partial charge in [0.1, 0.15) is 6.04 Å². The molecular formula is C8H14NO2P. The Morgan fingerprint density at radius 3 is 2.92 bits per heavy atom. The summed E-state index contributed by atoms with van der Waals surface area (Å²) >= 11 is 0. The van der Waals surface area contributed by atoms with Crippen LogP contribution < -0.4 is 0 Å². The summed E-state index contributed by atoms with van der Waals surface area (Å²) in [6, 6.07) is -0.234. The minimum Gasteiger partial charge on any atom is -0.480 e. The molecule has 4 unspecified atom stereocenters. The van der Waals surface area contributed by atoms with Crippen LogP contribution in [0.2, 0.25) is 0 Å². The Labute approximate surface area is 74.4 Å². The standard InChI is InChI=1S/C8H14NO2P/c10-8(11)7-6-3-1-2-5(6)4-9(7)12/h5-7H,1-4,12H2,(H,10,11). The van der Waals surface area contributed by atoms with Gasteiger partial charge in [-0.2, -0.15) is 0 Å². The molecule has 0 aromatic rings. The van der Waals surface area contributed by atoms with Gasteiger partial charge in [0.15, 0.2) is 0 Å². The van der Waals surface area contributed by atoms with Gasteiger partial charge in [0.05, 0.1) is 0 Å². The van der Waals surface area contributed by atoms with Crippen LogP contribution in [0.15, 0.2) is 0 Å². The molecule has 1 aliphatic carbocycles. The number of aliphatic carboxylic acids is 1. The normalized spacial score (nSPS) is 41.6. The average Bonchev–Trinajstić information content (AvgIpc) is 2.44. The molecule has 1 aliphatic heterocycles. The predicted octanol–water partition coefficient (Wildman–Crippen LogP) is 0.962. The lowest BCUT2D eigenvalue weighted by Crippen LogP contribution is -2.33. The maximum Gasteiger partial charge on any atom is 0.321 e. The van der Waals surface area contributed by atoms with Gasteiger partial charge in [-0.25, -0.2) is 0 Å². The van der Waals surface area contributed by atoms with Crippen molar-refractivity contribution in [2.45, 2.75) is 25.3 Å². The molecule has 0 radical (unpaired) electrons. The third-order valence-electron chi connectivity index (χ3n) is 3.18. The minimum atomic E-state index is -0.653. The number of hydrogen-bond acceptors (Lipinski definition) is 2. The summed E-state index contributed by atoms with van der Waals surface area (Å²) in [5.74, 6) is 0.406. The fraction of sp³-hybridized carbons (Fsp3) is 0.875. The number of hydrogen-bond donors (Lipinski definition) is 1. The molecule has 68 valence electrons. The molecule has 0 spiro atoms. The molecule has 3 nitrogen and oxygen atoms in total. The van der Waals surface area contributed by atoms with E-state index in [-0.39, 0.29) is 6.04 Å². The number of fused-ring (bicyclic) bond motifs is 1. The first-order chi connectivity index (χ1) is 5.70. The first kappa shape index (κ1) is 8.46. The summed E-state index contributed by atoms with van der Waals surface area (Å²) in [5.41, 5.74) is 0. The van der Waals surface area contributed by atoms with Crippen LogP contribution >= 0.6 is 9.39 Å². The van der Waals surface area contributed by atoms with Crippen molar-refractivity contribution in [3.05, 3.63) is 0 Å². The molecule has 1 saturated heterocycles. The van der Waals surface area contributed by atoms with Crippen LogP contribution in [0.25, 0.3) is 0 Å². The second-order valence-electron chi connectivity index (χ2n) is 3.83. The maximum atomic E-state index is 10.9. The summed E-state index contributed by atoms with van der Waals surface area (Å²) in [6.45, 7) is 0.951. The van der Waals surface area contributed by atoms with Crippen molar-refractivity contribution in [2.75, 3.05) is 6.54 Å². The van der Waals surface area contributed by atoms with Gasteiger partial charge in [-0.15, -0.1) is 0 Å². The Hall–Kier alpha value is -0.140. The van der Waals surface area contributed by atoms with Crippen molar-refractivity contribution < 1.29 is 9.90 Å². The van der Waals surface area contributed by atoms with E-state index in [9.17, 15) is 4.79 Å². The second kappa shape index (κ2) is 2.97. The molecule has 12 heavy (non-hydrogen) atoms. The van der Waals surface area contributed by atoms with Gasteiger partial charge in [0, 0.05) is 6.54 Å². The SMILES string of the molecule is O=C(O)C1C2CCCC2CN1P.